The highest BCUT2D eigenvalue weighted by Gasteiger charge is 2.08. The standard InChI is InChI=1S/C22H20ClNO2/c23-19-12-10-17(11-13-19)14-15-24-22(25)16-26-21-9-5-4-8-20(21)18-6-2-1-3-7-18/h1-13H,14-16H2,(H,24,25). The number of rotatable bonds is 7. The number of para-hydroxylation sites is 1. The minimum Gasteiger partial charge on any atom is -0.483 e. The molecule has 0 saturated carbocycles. The molecule has 0 radical (unpaired) electrons. The highest BCUT2D eigenvalue weighted by Crippen LogP contribution is 2.29. The predicted octanol–water partition coefficient (Wildman–Crippen LogP) is 4.74. The van der Waals surface area contributed by atoms with Crippen LogP contribution in [0.3, 0.4) is 0 Å². The monoisotopic (exact) mass is 365 g/mol. The van der Waals surface area contributed by atoms with Gasteiger partial charge in [0.15, 0.2) is 6.61 Å². The molecule has 0 aromatic heterocycles. The van der Waals surface area contributed by atoms with Crippen LogP contribution in [0.1, 0.15) is 5.56 Å². The van der Waals surface area contributed by atoms with Gasteiger partial charge in [-0.05, 0) is 35.7 Å². The number of ether oxygens (including phenoxy) is 1. The van der Waals surface area contributed by atoms with Crippen molar-refractivity contribution in [1.82, 2.24) is 5.32 Å². The van der Waals surface area contributed by atoms with Gasteiger partial charge in [0.25, 0.3) is 5.91 Å². The van der Waals surface area contributed by atoms with Crippen LogP contribution in [0.5, 0.6) is 5.75 Å². The molecule has 0 bridgehead atoms. The zero-order chi connectivity index (χ0) is 18.2. The molecule has 1 amide bonds. The SMILES string of the molecule is O=C(COc1ccccc1-c1ccccc1)NCCc1ccc(Cl)cc1. The van der Waals surface area contributed by atoms with Crippen molar-refractivity contribution in [3.05, 3.63) is 89.4 Å². The minimum atomic E-state index is -0.137. The first-order valence-electron chi connectivity index (χ1n) is 8.51. The summed E-state index contributed by atoms with van der Waals surface area (Å²) in [5, 5.41) is 3.59. The van der Waals surface area contributed by atoms with Crippen LogP contribution in [0.4, 0.5) is 0 Å². The molecule has 132 valence electrons. The summed E-state index contributed by atoms with van der Waals surface area (Å²) in [5.74, 6) is 0.563. The molecule has 0 spiro atoms. The van der Waals surface area contributed by atoms with E-state index in [1.165, 1.54) is 0 Å². The van der Waals surface area contributed by atoms with E-state index in [0.717, 1.165) is 23.1 Å². The first-order chi connectivity index (χ1) is 12.7. The summed E-state index contributed by atoms with van der Waals surface area (Å²) in [7, 11) is 0. The van der Waals surface area contributed by atoms with E-state index in [4.69, 9.17) is 16.3 Å². The molecule has 0 aliphatic carbocycles. The zero-order valence-electron chi connectivity index (χ0n) is 14.3. The number of hydrogen-bond donors (Lipinski definition) is 1. The summed E-state index contributed by atoms with van der Waals surface area (Å²) in [5.41, 5.74) is 3.17. The van der Waals surface area contributed by atoms with Crippen molar-refractivity contribution in [3.8, 4) is 16.9 Å². The summed E-state index contributed by atoms with van der Waals surface area (Å²) < 4.78 is 5.74. The van der Waals surface area contributed by atoms with E-state index in [-0.39, 0.29) is 12.5 Å². The first kappa shape index (κ1) is 18.0. The van der Waals surface area contributed by atoms with Gasteiger partial charge in [0.05, 0.1) is 0 Å². The van der Waals surface area contributed by atoms with E-state index in [1.807, 2.05) is 78.9 Å². The van der Waals surface area contributed by atoms with Gasteiger partial charge in [0, 0.05) is 17.1 Å². The van der Waals surface area contributed by atoms with E-state index in [9.17, 15) is 4.79 Å². The number of amides is 1. The highest BCUT2D eigenvalue weighted by atomic mass is 35.5. The quantitative estimate of drug-likeness (QED) is 0.656. The number of halogens is 1. The second-order valence-corrected chi connectivity index (χ2v) is 6.31. The molecule has 3 aromatic rings. The maximum Gasteiger partial charge on any atom is 0.257 e. The van der Waals surface area contributed by atoms with Crippen LogP contribution < -0.4 is 10.1 Å². The maximum absolute atomic E-state index is 12.1. The minimum absolute atomic E-state index is 0.00946. The van der Waals surface area contributed by atoms with Crippen LogP contribution in [0, 0.1) is 0 Å². The molecule has 4 heteroatoms. The third kappa shape index (κ3) is 5.11. The van der Waals surface area contributed by atoms with Crippen LogP contribution in [-0.2, 0) is 11.2 Å². The molecule has 3 rings (SSSR count). The van der Waals surface area contributed by atoms with Gasteiger partial charge in [-0.2, -0.15) is 0 Å². The van der Waals surface area contributed by atoms with Crippen molar-refractivity contribution in [2.24, 2.45) is 0 Å². The van der Waals surface area contributed by atoms with Crippen molar-refractivity contribution in [1.29, 1.82) is 0 Å². The molecular formula is C22H20ClNO2. The molecule has 0 unspecified atom stereocenters. The van der Waals surface area contributed by atoms with Crippen LogP contribution in [0.15, 0.2) is 78.9 Å². The lowest BCUT2D eigenvalue weighted by molar-refractivity contribution is -0.123. The molecular weight excluding hydrogens is 346 g/mol. The van der Waals surface area contributed by atoms with Gasteiger partial charge in [-0.15, -0.1) is 0 Å². The molecule has 0 aliphatic rings. The van der Waals surface area contributed by atoms with E-state index in [2.05, 4.69) is 5.32 Å². The van der Waals surface area contributed by atoms with Crippen molar-refractivity contribution in [2.45, 2.75) is 6.42 Å². The molecule has 0 fully saturated rings. The summed E-state index contributed by atoms with van der Waals surface area (Å²) in [4.78, 5) is 12.1. The van der Waals surface area contributed by atoms with Crippen LogP contribution in [0.25, 0.3) is 11.1 Å². The predicted molar refractivity (Wildman–Crippen MR) is 106 cm³/mol. The fraction of sp³-hybridized carbons (Fsp3) is 0.136. The highest BCUT2D eigenvalue weighted by molar-refractivity contribution is 6.30. The lowest BCUT2D eigenvalue weighted by Crippen LogP contribution is -2.30. The Morgan fingerprint density at radius 2 is 1.58 bits per heavy atom. The Bertz CT molecular complexity index is 848. The maximum atomic E-state index is 12.1. The normalized spacial score (nSPS) is 10.3. The lowest BCUT2D eigenvalue weighted by Gasteiger charge is -2.12. The molecule has 0 aliphatic heterocycles. The number of hydrogen-bond acceptors (Lipinski definition) is 2. The Morgan fingerprint density at radius 3 is 2.35 bits per heavy atom. The third-order valence-electron chi connectivity index (χ3n) is 3.98. The number of carbonyl (C=O) groups excluding carboxylic acids is 1. The summed E-state index contributed by atoms with van der Waals surface area (Å²) >= 11 is 5.87. The Morgan fingerprint density at radius 1 is 0.885 bits per heavy atom. The summed E-state index contributed by atoms with van der Waals surface area (Å²) in [6.07, 6.45) is 0.753. The number of carbonyl (C=O) groups is 1. The van der Waals surface area contributed by atoms with Crippen molar-refractivity contribution >= 4 is 17.5 Å². The molecule has 0 heterocycles. The molecule has 26 heavy (non-hydrogen) atoms. The van der Waals surface area contributed by atoms with Gasteiger partial charge >= 0.3 is 0 Å². The fourth-order valence-corrected chi connectivity index (χ4v) is 2.77. The van der Waals surface area contributed by atoms with E-state index in [0.29, 0.717) is 17.3 Å². The summed E-state index contributed by atoms with van der Waals surface area (Å²) in [6.45, 7) is 0.550. The number of nitrogens with one attached hydrogen (secondary N) is 1. The first-order valence-corrected chi connectivity index (χ1v) is 8.88. The van der Waals surface area contributed by atoms with Crippen LogP contribution in [0.2, 0.25) is 5.02 Å². The third-order valence-corrected chi connectivity index (χ3v) is 4.23. The fourth-order valence-electron chi connectivity index (χ4n) is 2.64. The average Bonchev–Trinajstić information content (AvgIpc) is 2.69. The largest absolute Gasteiger partial charge is 0.483 e. The Hall–Kier alpha value is -2.78. The topological polar surface area (TPSA) is 38.3 Å². The Labute approximate surface area is 158 Å². The molecule has 0 saturated heterocycles. The van der Waals surface area contributed by atoms with Gasteiger partial charge in [0.1, 0.15) is 5.75 Å². The molecule has 1 N–H and O–H groups in total. The van der Waals surface area contributed by atoms with Crippen molar-refractivity contribution in [3.63, 3.8) is 0 Å². The van der Waals surface area contributed by atoms with Crippen LogP contribution in [-0.4, -0.2) is 19.1 Å². The van der Waals surface area contributed by atoms with E-state index >= 15 is 0 Å². The van der Waals surface area contributed by atoms with Gasteiger partial charge in [-0.1, -0.05) is 72.3 Å². The van der Waals surface area contributed by atoms with Gasteiger partial charge in [-0.25, -0.2) is 0 Å². The Kier molecular flexibility index (Phi) is 6.29. The van der Waals surface area contributed by atoms with Crippen molar-refractivity contribution < 1.29 is 9.53 Å². The van der Waals surface area contributed by atoms with E-state index in [1.54, 1.807) is 0 Å². The second kappa shape index (κ2) is 9.07. The van der Waals surface area contributed by atoms with Gasteiger partial charge < -0.3 is 10.1 Å². The molecule has 3 aromatic carbocycles. The number of benzene rings is 3. The zero-order valence-corrected chi connectivity index (χ0v) is 15.1. The average molecular weight is 366 g/mol. The van der Waals surface area contributed by atoms with Crippen LogP contribution >= 0.6 is 11.6 Å². The molecule has 3 nitrogen and oxygen atoms in total. The Balaban J connectivity index is 1.51. The molecule has 0 atom stereocenters. The van der Waals surface area contributed by atoms with Gasteiger partial charge in [-0.3, -0.25) is 4.79 Å². The summed E-state index contributed by atoms with van der Waals surface area (Å²) in [6, 6.07) is 25.3. The second-order valence-electron chi connectivity index (χ2n) is 5.88. The van der Waals surface area contributed by atoms with Gasteiger partial charge in [0.2, 0.25) is 0 Å². The smallest absolute Gasteiger partial charge is 0.257 e. The lowest BCUT2D eigenvalue weighted by atomic mass is 10.1. The van der Waals surface area contributed by atoms with E-state index < -0.39 is 0 Å². The van der Waals surface area contributed by atoms with Crippen molar-refractivity contribution in [2.75, 3.05) is 13.2 Å².